The van der Waals surface area contributed by atoms with Crippen LogP contribution in [0.3, 0.4) is 0 Å². The quantitative estimate of drug-likeness (QED) is 0.723. The molecule has 0 bridgehead atoms. The van der Waals surface area contributed by atoms with E-state index < -0.39 is 0 Å². The average molecular weight is 414 g/mol. The Morgan fingerprint density at radius 2 is 1.93 bits per heavy atom. The molecule has 0 radical (unpaired) electrons. The van der Waals surface area contributed by atoms with Gasteiger partial charge in [0.15, 0.2) is 6.61 Å². The molecule has 2 heterocycles. The molecular weight excluding hydrogens is 386 g/mol. The number of amides is 2. The SMILES string of the molecule is O=C(Nc1cccc(OCC(=O)N2CCN(CCc3cccs3)CC2)c1)C1CC1. The van der Waals surface area contributed by atoms with Gasteiger partial charge in [0.05, 0.1) is 0 Å². The second-order valence-corrected chi connectivity index (χ2v) is 8.66. The molecule has 1 aliphatic carbocycles. The van der Waals surface area contributed by atoms with E-state index in [0.717, 1.165) is 52.0 Å². The van der Waals surface area contributed by atoms with Crippen molar-refractivity contribution in [3.05, 3.63) is 46.7 Å². The molecule has 2 fully saturated rings. The number of anilines is 1. The lowest BCUT2D eigenvalue weighted by atomic mass is 10.2. The number of nitrogens with zero attached hydrogens (tertiary/aromatic N) is 2. The van der Waals surface area contributed by atoms with Crippen LogP contribution in [0, 0.1) is 5.92 Å². The summed E-state index contributed by atoms with van der Waals surface area (Å²) in [4.78, 5) is 30.1. The molecular formula is C22H27N3O3S. The summed E-state index contributed by atoms with van der Waals surface area (Å²) in [5.41, 5.74) is 0.714. The number of carbonyl (C=O) groups is 2. The lowest BCUT2D eigenvalue weighted by Gasteiger charge is -2.34. The Morgan fingerprint density at radius 3 is 2.66 bits per heavy atom. The van der Waals surface area contributed by atoms with Crippen molar-refractivity contribution in [3.63, 3.8) is 0 Å². The molecule has 2 aromatic rings. The summed E-state index contributed by atoms with van der Waals surface area (Å²) < 4.78 is 5.69. The van der Waals surface area contributed by atoms with E-state index in [1.807, 2.05) is 23.1 Å². The number of hydrogen-bond donors (Lipinski definition) is 1. The third kappa shape index (κ3) is 5.81. The highest BCUT2D eigenvalue weighted by molar-refractivity contribution is 7.09. The van der Waals surface area contributed by atoms with Crippen LogP contribution in [-0.4, -0.2) is 60.9 Å². The zero-order chi connectivity index (χ0) is 20.1. The minimum Gasteiger partial charge on any atom is -0.484 e. The summed E-state index contributed by atoms with van der Waals surface area (Å²) in [6.07, 6.45) is 3.01. The van der Waals surface area contributed by atoms with E-state index in [2.05, 4.69) is 27.7 Å². The van der Waals surface area contributed by atoms with Crippen LogP contribution in [0.15, 0.2) is 41.8 Å². The Kier molecular flexibility index (Phi) is 6.46. The molecule has 1 saturated carbocycles. The largest absolute Gasteiger partial charge is 0.484 e. The first-order chi connectivity index (χ1) is 14.2. The van der Waals surface area contributed by atoms with Crippen molar-refractivity contribution < 1.29 is 14.3 Å². The maximum atomic E-state index is 12.5. The summed E-state index contributed by atoms with van der Waals surface area (Å²) in [7, 11) is 0. The van der Waals surface area contributed by atoms with E-state index >= 15 is 0 Å². The van der Waals surface area contributed by atoms with Crippen molar-refractivity contribution in [2.75, 3.05) is 44.6 Å². The van der Waals surface area contributed by atoms with Crippen LogP contribution < -0.4 is 10.1 Å². The number of hydrogen-bond acceptors (Lipinski definition) is 5. The van der Waals surface area contributed by atoms with E-state index in [9.17, 15) is 9.59 Å². The first-order valence-corrected chi connectivity index (χ1v) is 11.1. The Bertz CT molecular complexity index is 828. The van der Waals surface area contributed by atoms with Crippen molar-refractivity contribution in [1.29, 1.82) is 0 Å². The number of piperazine rings is 1. The van der Waals surface area contributed by atoms with Gasteiger partial charge in [-0.15, -0.1) is 11.3 Å². The monoisotopic (exact) mass is 413 g/mol. The minimum atomic E-state index is 0.00956. The molecule has 1 saturated heterocycles. The molecule has 0 atom stereocenters. The predicted molar refractivity (Wildman–Crippen MR) is 114 cm³/mol. The van der Waals surface area contributed by atoms with Gasteiger partial charge in [-0.05, 0) is 42.8 Å². The fraction of sp³-hybridized carbons (Fsp3) is 0.455. The van der Waals surface area contributed by atoms with Crippen molar-refractivity contribution in [2.24, 2.45) is 5.92 Å². The highest BCUT2D eigenvalue weighted by Gasteiger charge is 2.29. The Hall–Kier alpha value is -2.38. The Labute approximate surface area is 175 Å². The lowest BCUT2D eigenvalue weighted by Crippen LogP contribution is -2.50. The van der Waals surface area contributed by atoms with Crippen molar-refractivity contribution in [1.82, 2.24) is 9.80 Å². The average Bonchev–Trinajstić information content (AvgIpc) is 3.47. The molecule has 7 heteroatoms. The van der Waals surface area contributed by atoms with Gasteiger partial charge in [0.25, 0.3) is 5.91 Å². The highest BCUT2D eigenvalue weighted by atomic mass is 32.1. The summed E-state index contributed by atoms with van der Waals surface area (Å²) in [6.45, 7) is 4.35. The second-order valence-electron chi connectivity index (χ2n) is 7.63. The summed E-state index contributed by atoms with van der Waals surface area (Å²) in [6, 6.07) is 11.5. The number of benzene rings is 1. The molecule has 1 aromatic heterocycles. The zero-order valence-corrected chi connectivity index (χ0v) is 17.3. The molecule has 2 amide bonds. The summed E-state index contributed by atoms with van der Waals surface area (Å²) in [5.74, 6) is 0.831. The van der Waals surface area contributed by atoms with Gasteiger partial charge in [0.1, 0.15) is 5.75 Å². The Balaban J connectivity index is 1.18. The molecule has 29 heavy (non-hydrogen) atoms. The van der Waals surface area contributed by atoms with Gasteiger partial charge in [-0.1, -0.05) is 12.1 Å². The maximum absolute atomic E-state index is 12.5. The number of rotatable bonds is 8. The summed E-state index contributed by atoms with van der Waals surface area (Å²) >= 11 is 1.80. The van der Waals surface area contributed by atoms with Crippen molar-refractivity contribution in [3.8, 4) is 5.75 Å². The topological polar surface area (TPSA) is 61.9 Å². The maximum Gasteiger partial charge on any atom is 0.260 e. The van der Waals surface area contributed by atoms with Gasteiger partial charge in [0, 0.05) is 55.3 Å². The fourth-order valence-electron chi connectivity index (χ4n) is 3.43. The summed E-state index contributed by atoms with van der Waals surface area (Å²) in [5, 5.41) is 5.02. The van der Waals surface area contributed by atoms with Gasteiger partial charge < -0.3 is 15.0 Å². The van der Waals surface area contributed by atoms with Gasteiger partial charge >= 0.3 is 0 Å². The van der Waals surface area contributed by atoms with Crippen molar-refractivity contribution in [2.45, 2.75) is 19.3 Å². The molecule has 1 aliphatic heterocycles. The van der Waals surface area contributed by atoms with Gasteiger partial charge in [-0.25, -0.2) is 0 Å². The number of nitrogens with one attached hydrogen (secondary N) is 1. The van der Waals surface area contributed by atoms with E-state index in [1.165, 1.54) is 4.88 Å². The Morgan fingerprint density at radius 1 is 1.10 bits per heavy atom. The van der Waals surface area contributed by atoms with Crippen LogP contribution in [0.1, 0.15) is 17.7 Å². The molecule has 2 aliphatic rings. The molecule has 1 N–H and O–H groups in total. The lowest BCUT2D eigenvalue weighted by molar-refractivity contribution is -0.135. The van der Waals surface area contributed by atoms with E-state index in [1.54, 1.807) is 17.4 Å². The third-order valence-corrected chi connectivity index (χ3v) is 6.33. The smallest absolute Gasteiger partial charge is 0.260 e. The van der Waals surface area contributed by atoms with Gasteiger partial charge in [-0.3, -0.25) is 14.5 Å². The number of thiophene rings is 1. The molecule has 0 unspecified atom stereocenters. The van der Waals surface area contributed by atoms with Crippen LogP contribution in [0.25, 0.3) is 0 Å². The van der Waals surface area contributed by atoms with Crippen LogP contribution >= 0.6 is 11.3 Å². The third-order valence-electron chi connectivity index (χ3n) is 5.39. The highest BCUT2D eigenvalue weighted by Crippen LogP contribution is 2.30. The molecule has 0 spiro atoms. The van der Waals surface area contributed by atoms with Crippen LogP contribution in [0.5, 0.6) is 5.75 Å². The second kappa shape index (κ2) is 9.41. The van der Waals surface area contributed by atoms with E-state index in [-0.39, 0.29) is 24.3 Å². The van der Waals surface area contributed by atoms with E-state index in [4.69, 9.17) is 4.74 Å². The first-order valence-electron chi connectivity index (χ1n) is 10.2. The van der Waals surface area contributed by atoms with Crippen LogP contribution in [0.2, 0.25) is 0 Å². The standard InChI is InChI=1S/C22H27N3O3S/c26-21(25-12-10-24(11-13-25)9-8-20-5-2-14-29-20)16-28-19-4-1-3-18(15-19)23-22(27)17-6-7-17/h1-5,14-15,17H,6-13,16H2,(H,23,27). The normalized spacial score (nSPS) is 17.2. The van der Waals surface area contributed by atoms with Crippen LogP contribution in [0.4, 0.5) is 5.69 Å². The minimum absolute atomic E-state index is 0.00956. The fourth-order valence-corrected chi connectivity index (χ4v) is 4.13. The molecule has 6 nitrogen and oxygen atoms in total. The predicted octanol–water partition coefficient (Wildman–Crippen LogP) is 2.86. The molecule has 1 aromatic carbocycles. The van der Waals surface area contributed by atoms with Gasteiger partial charge in [0.2, 0.25) is 5.91 Å². The number of ether oxygens (including phenoxy) is 1. The molecule has 154 valence electrons. The van der Waals surface area contributed by atoms with Gasteiger partial charge in [-0.2, -0.15) is 0 Å². The van der Waals surface area contributed by atoms with Crippen LogP contribution in [-0.2, 0) is 16.0 Å². The number of carbonyl (C=O) groups excluding carboxylic acids is 2. The van der Waals surface area contributed by atoms with Crippen molar-refractivity contribution >= 4 is 28.8 Å². The first kappa shape index (κ1) is 19.9. The molecule has 4 rings (SSSR count). The van der Waals surface area contributed by atoms with E-state index in [0.29, 0.717) is 11.4 Å². The zero-order valence-electron chi connectivity index (χ0n) is 16.5.